The monoisotopic (exact) mass is 703 g/mol. The highest BCUT2D eigenvalue weighted by molar-refractivity contribution is 7.98. The predicted octanol–water partition coefficient (Wildman–Crippen LogP) is 7.45. The largest absolute Gasteiger partial charge is 0.494 e. The van der Waals surface area contributed by atoms with Crippen LogP contribution in [0.25, 0.3) is 5.69 Å². The molecule has 0 spiro atoms. The van der Waals surface area contributed by atoms with Gasteiger partial charge in [0.15, 0.2) is 26.6 Å². The molecule has 47 heavy (non-hydrogen) atoms. The first-order valence-corrected chi connectivity index (χ1v) is 17.8. The van der Waals surface area contributed by atoms with Gasteiger partial charge in [0, 0.05) is 27.4 Å². The summed E-state index contributed by atoms with van der Waals surface area (Å²) in [5, 5.41) is 0.465. The SMILES string of the molecule is COc1cc(C(C)(C)c2cnc(SCc3c(F)cc(S(=O)(=O)CCCCn4cc[n+](C)c4)cc3Cl)n2-c2ccc(F)cc2)ccc1F. The van der Waals surface area contributed by atoms with Crippen molar-refractivity contribution in [2.24, 2.45) is 7.05 Å². The quantitative estimate of drug-likeness (QED) is 0.0724. The average molecular weight is 704 g/mol. The summed E-state index contributed by atoms with van der Waals surface area (Å²) in [4.78, 5) is 4.47. The summed E-state index contributed by atoms with van der Waals surface area (Å²) in [5.74, 6) is -1.62. The van der Waals surface area contributed by atoms with Crippen LogP contribution in [0.4, 0.5) is 13.2 Å². The number of ether oxygens (including phenoxy) is 1. The van der Waals surface area contributed by atoms with Crippen LogP contribution >= 0.6 is 23.4 Å². The molecule has 7 nitrogen and oxygen atoms in total. The maximum Gasteiger partial charge on any atom is 0.243 e. The van der Waals surface area contributed by atoms with Crippen LogP contribution in [-0.4, -0.2) is 35.4 Å². The molecule has 0 saturated carbocycles. The van der Waals surface area contributed by atoms with Crippen LogP contribution in [0.3, 0.4) is 0 Å². The highest BCUT2D eigenvalue weighted by Crippen LogP contribution is 2.39. The second kappa shape index (κ2) is 14.2. The molecule has 0 aliphatic carbocycles. The minimum atomic E-state index is -3.76. The number of nitrogens with zero attached hydrogens (tertiary/aromatic N) is 4. The van der Waals surface area contributed by atoms with Gasteiger partial charge < -0.3 is 4.74 Å². The van der Waals surface area contributed by atoms with E-state index >= 15 is 4.39 Å². The van der Waals surface area contributed by atoms with Gasteiger partial charge in [-0.05, 0) is 66.9 Å². The van der Waals surface area contributed by atoms with E-state index in [1.807, 2.05) is 53.3 Å². The fourth-order valence-electron chi connectivity index (χ4n) is 5.29. The fraction of sp³-hybridized carbons (Fsp3) is 0.294. The minimum Gasteiger partial charge on any atom is -0.494 e. The summed E-state index contributed by atoms with van der Waals surface area (Å²) in [7, 11) is -0.453. The van der Waals surface area contributed by atoms with Gasteiger partial charge in [-0.25, -0.2) is 35.7 Å². The van der Waals surface area contributed by atoms with Gasteiger partial charge in [-0.1, -0.05) is 43.3 Å². The lowest BCUT2D eigenvalue weighted by Gasteiger charge is -2.28. The second-order valence-electron chi connectivity index (χ2n) is 11.7. The molecule has 5 aromatic rings. The van der Waals surface area contributed by atoms with Crippen molar-refractivity contribution in [3.63, 3.8) is 0 Å². The first-order valence-electron chi connectivity index (χ1n) is 14.8. The lowest BCUT2D eigenvalue weighted by molar-refractivity contribution is -0.671. The van der Waals surface area contributed by atoms with Crippen molar-refractivity contribution in [2.75, 3.05) is 12.9 Å². The zero-order chi connectivity index (χ0) is 33.9. The topological polar surface area (TPSA) is 70.0 Å². The molecule has 0 unspecified atom stereocenters. The van der Waals surface area contributed by atoms with Gasteiger partial charge in [-0.3, -0.25) is 4.57 Å². The normalized spacial score (nSPS) is 12.1. The predicted molar refractivity (Wildman–Crippen MR) is 176 cm³/mol. The summed E-state index contributed by atoms with van der Waals surface area (Å²) >= 11 is 7.68. The Hall–Kier alpha value is -3.74. The van der Waals surface area contributed by atoms with Gasteiger partial charge in [0.05, 0.1) is 43.2 Å². The van der Waals surface area contributed by atoms with Crippen molar-refractivity contribution in [3.8, 4) is 11.4 Å². The maximum atomic E-state index is 15.5. The molecule has 0 aliphatic rings. The minimum absolute atomic E-state index is 0.00485. The van der Waals surface area contributed by atoms with Gasteiger partial charge in [0.1, 0.15) is 24.0 Å². The van der Waals surface area contributed by atoms with Gasteiger partial charge in [0.25, 0.3) is 0 Å². The molecule has 0 atom stereocenters. The van der Waals surface area contributed by atoms with Crippen molar-refractivity contribution in [1.29, 1.82) is 0 Å². The molecule has 0 radical (unpaired) electrons. The van der Waals surface area contributed by atoms with Gasteiger partial charge in [0.2, 0.25) is 6.33 Å². The summed E-state index contributed by atoms with van der Waals surface area (Å²) < 4.78 is 80.6. The van der Waals surface area contributed by atoms with Crippen LogP contribution in [0, 0.1) is 17.5 Å². The Balaban J connectivity index is 1.38. The van der Waals surface area contributed by atoms with Crippen molar-refractivity contribution >= 4 is 33.2 Å². The summed E-state index contributed by atoms with van der Waals surface area (Å²) in [6, 6.07) is 12.8. The van der Waals surface area contributed by atoms with E-state index in [2.05, 4.69) is 4.98 Å². The number of sulfone groups is 1. The highest BCUT2D eigenvalue weighted by Gasteiger charge is 2.31. The van der Waals surface area contributed by atoms with Gasteiger partial charge in [-0.15, -0.1) is 0 Å². The number of benzene rings is 3. The molecule has 2 aromatic heterocycles. The lowest BCUT2D eigenvalue weighted by atomic mass is 9.81. The fourth-order valence-corrected chi connectivity index (χ4v) is 8.13. The maximum absolute atomic E-state index is 15.5. The second-order valence-corrected chi connectivity index (χ2v) is 15.2. The number of aromatic nitrogens is 4. The Labute approximate surface area is 281 Å². The molecular formula is C34H35ClF3N4O3S2+. The van der Waals surface area contributed by atoms with E-state index in [4.69, 9.17) is 16.3 Å². The molecule has 0 fully saturated rings. The Morgan fingerprint density at radius 2 is 1.77 bits per heavy atom. The highest BCUT2D eigenvalue weighted by atomic mass is 35.5. The molecular weight excluding hydrogens is 669 g/mol. The van der Waals surface area contributed by atoms with Crippen molar-refractivity contribution < 1.29 is 30.9 Å². The number of halogens is 4. The van der Waals surface area contributed by atoms with Crippen molar-refractivity contribution in [3.05, 3.63) is 119 Å². The van der Waals surface area contributed by atoms with Crippen LogP contribution in [0.1, 0.15) is 43.5 Å². The summed E-state index contributed by atoms with van der Waals surface area (Å²) in [5.41, 5.74) is 1.48. The summed E-state index contributed by atoms with van der Waals surface area (Å²) in [6.45, 7) is 4.56. The first-order chi connectivity index (χ1) is 22.3. The Morgan fingerprint density at radius 1 is 1.02 bits per heavy atom. The van der Waals surface area contributed by atoms with Crippen molar-refractivity contribution in [1.82, 2.24) is 14.1 Å². The number of methoxy groups -OCH3 is 1. The number of unbranched alkanes of at least 4 members (excludes halogenated alkanes) is 1. The number of hydrogen-bond donors (Lipinski definition) is 0. The van der Waals surface area contributed by atoms with E-state index in [9.17, 15) is 17.2 Å². The molecule has 5 rings (SSSR count). The number of hydrogen-bond acceptors (Lipinski definition) is 5. The molecule has 13 heteroatoms. The Kier molecular flexibility index (Phi) is 10.4. The van der Waals surface area contributed by atoms with Gasteiger partial charge >= 0.3 is 0 Å². The van der Waals surface area contributed by atoms with E-state index in [-0.39, 0.29) is 32.7 Å². The van der Waals surface area contributed by atoms with Crippen LogP contribution in [-0.2, 0) is 34.6 Å². The smallest absolute Gasteiger partial charge is 0.243 e. The molecule has 0 N–H and O–H groups in total. The summed E-state index contributed by atoms with van der Waals surface area (Å²) in [6.07, 6.45) is 8.46. The van der Waals surface area contributed by atoms with Gasteiger partial charge in [-0.2, -0.15) is 0 Å². The Bertz CT molecular complexity index is 1970. The number of rotatable bonds is 13. The molecule has 3 aromatic carbocycles. The van der Waals surface area contributed by atoms with Crippen molar-refractivity contribution in [2.45, 2.75) is 54.5 Å². The standard InChI is InChI=1S/C34H35ClF3N4O3S2/c1-34(2,23-7-12-29(37)31(17-23)45-4)32-20-39-33(42(32)25-10-8-24(36)9-11-25)46-21-27-28(35)18-26(19-30(27)38)47(43,44)16-6-5-13-41-15-14-40(3)22-41/h7-12,14-15,17-20,22H,5-6,13,16,21H2,1-4H3/q+1. The molecule has 0 bridgehead atoms. The zero-order valence-electron chi connectivity index (χ0n) is 26.4. The number of aryl methyl sites for hydroxylation is 2. The molecule has 0 aliphatic heterocycles. The Morgan fingerprint density at radius 3 is 2.43 bits per heavy atom. The van der Waals surface area contributed by atoms with E-state index in [0.29, 0.717) is 35.9 Å². The van der Waals surface area contributed by atoms with E-state index in [0.717, 1.165) is 11.6 Å². The van der Waals surface area contributed by atoms with Crippen LogP contribution < -0.4 is 9.30 Å². The van der Waals surface area contributed by atoms with E-state index < -0.39 is 32.7 Å². The van der Waals surface area contributed by atoms with Crippen LogP contribution in [0.5, 0.6) is 5.75 Å². The van der Waals surface area contributed by atoms with Crippen LogP contribution in [0.2, 0.25) is 5.02 Å². The number of imidazole rings is 2. The van der Waals surface area contributed by atoms with E-state index in [1.165, 1.54) is 43.1 Å². The molecule has 248 valence electrons. The first kappa shape index (κ1) is 34.6. The third-order valence-electron chi connectivity index (χ3n) is 8.05. The van der Waals surface area contributed by atoms with E-state index in [1.54, 1.807) is 30.5 Å². The number of thioether (sulfide) groups is 1. The third-order valence-corrected chi connectivity index (χ3v) is 11.1. The lowest BCUT2D eigenvalue weighted by Crippen LogP contribution is -2.23. The molecule has 0 amide bonds. The average Bonchev–Trinajstić information content (AvgIpc) is 3.65. The third kappa shape index (κ3) is 7.71. The molecule has 0 saturated heterocycles. The molecule has 2 heterocycles. The van der Waals surface area contributed by atoms with Crippen LogP contribution in [0.15, 0.2) is 89.6 Å². The zero-order valence-corrected chi connectivity index (χ0v) is 28.8.